The van der Waals surface area contributed by atoms with Gasteiger partial charge in [0.1, 0.15) is 12.5 Å². The van der Waals surface area contributed by atoms with Crippen molar-refractivity contribution >= 4 is 57.0 Å². The van der Waals surface area contributed by atoms with Gasteiger partial charge >= 0.3 is 0 Å². The molecule has 0 N–H and O–H groups in total. The molecular weight excluding hydrogens is 839 g/mol. The molecule has 0 saturated carbocycles. The summed E-state index contributed by atoms with van der Waals surface area (Å²) >= 11 is 0. The number of fused-ring (bicyclic) bond motifs is 6. The van der Waals surface area contributed by atoms with Crippen molar-refractivity contribution in [1.82, 2.24) is 4.98 Å². The average molecular weight is 890 g/mol. The van der Waals surface area contributed by atoms with E-state index in [0.29, 0.717) is 6.67 Å². The molecule has 1 aromatic heterocycles. The van der Waals surface area contributed by atoms with Crippen LogP contribution in [0.5, 0.6) is 0 Å². The van der Waals surface area contributed by atoms with Crippen LogP contribution < -0.4 is 19.6 Å². The van der Waals surface area contributed by atoms with Crippen molar-refractivity contribution in [3.63, 3.8) is 0 Å². The van der Waals surface area contributed by atoms with Crippen molar-refractivity contribution in [2.45, 2.75) is 26.2 Å². The van der Waals surface area contributed by atoms with Gasteiger partial charge in [-0.1, -0.05) is 172 Å². The Labute approximate surface area is 405 Å². The highest BCUT2D eigenvalue weighted by Gasteiger charge is 2.31. The van der Waals surface area contributed by atoms with Crippen LogP contribution in [0, 0.1) is 0 Å². The molecule has 3 heterocycles. The Morgan fingerprint density at radius 3 is 1.64 bits per heavy atom. The van der Waals surface area contributed by atoms with Gasteiger partial charge in [0, 0.05) is 45.8 Å². The Balaban J connectivity index is 1.06. The molecule has 12 rings (SSSR count). The van der Waals surface area contributed by atoms with Crippen molar-refractivity contribution in [2.75, 3.05) is 26.3 Å². The van der Waals surface area contributed by atoms with E-state index in [1.54, 1.807) is 0 Å². The molecule has 0 bridgehead atoms. The molecule has 69 heavy (non-hydrogen) atoms. The fourth-order valence-corrected chi connectivity index (χ4v) is 10.1. The maximum Gasteiger partial charge on any atom is 0.138 e. The van der Waals surface area contributed by atoms with Crippen LogP contribution in [0.1, 0.15) is 26.3 Å². The van der Waals surface area contributed by atoms with Crippen LogP contribution in [-0.4, -0.2) is 11.7 Å². The zero-order valence-corrected chi connectivity index (χ0v) is 39.0. The SMILES string of the molecule is CC(C)(C)c1cccc(N2CN(c3cc(-c4ccccc4)cc(N(c4ccccc4)c4ccc5c(c4)N(c4cc(-c6ccccc6)ccn4)c4ccccc4-c4ccccc4-5)c3)c3ccccc32)c1. The van der Waals surface area contributed by atoms with E-state index in [9.17, 15) is 0 Å². The average Bonchev–Trinajstić information content (AvgIpc) is 3.74. The lowest BCUT2D eigenvalue weighted by Gasteiger charge is -2.31. The lowest BCUT2D eigenvalue weighted by Crippen LogP contribution is -2.24. The standard InChI is InChI=1S/C64H51N5/c1-64(2,3)49-24-19-27-51(41-49)66-44-67(61-33-18-17-32-60(61)66)53-38-48(46-22-9-5-10-23-46)39-54(42-53)68(50-25-11-6-12-26-50)52-34-35-58-56-29-14-13-28-55(56)57-30-15-16-31-59(57)69(62(58)43-52)63-40-47(36-37-65-63)45-20-7-4-8-21-45/h4-43H,44H2,1-3H3. The van der Waals surface area contributed by atoms with Gasteiger partial charge in [-0.15, -0.1) is 0 Å². The maximum absolute atomic E-state index is 5.15. The third-order valence-electron chi connectivity index (χ3n) is 13.6. The van der Waals surface area contributed by atoms with Crippen LogP contribution in [0.15, 0.2) is 243 Å². The van der Waals surface area contributed by atoms with E-state index < -0.39 is 0 Å². The summed E-state index contributed by atoms with van der Waals surface area (Å²) in [5.41, 5.74) is 20.4. The zero-order valence-electron chi connectivity index (χ0n) is 39.0. The van der Waals surface area contributed by atoms with Gasteiger partial charge in [-0.25, -0.2) is 4.98 Å². The monoisotopic (exact) mass is 889 g/mol. The van der Waals surface area contributed by atoms with Crippen LogP contribution >= 0.6 is 0 Å². The van der Waals surface area contributed by atoms with E-state index in [-0.39, 0.29) is 5.41 Å². The minimum atomic E-state index is 0.0249. The van der Waals surface area contributed by atoms with Crippen molar-refractivity contribution in [3.05, 3.63) is 248 Å². The smallest absolute Gasteiger partial charge is 0.138 e. The second-order valence-electron chi connectivity index (χ2n) is 18.9. The number of aromatic nitrogens is 1. The Morgan fingerprint density at radius 2 is 0.957 bits per heavy atom. The minimum absolute atomic E-state index is 0.0249. The maximum atomic E-state index is 5.15. The minimum Gasteiger partial charge on any atom is -0.321 e. The van der Waals surface area contributed by atoms with E-state index in [2.05, 4.69) is 277 Å². The lowest BCUT2D eigenvalue weighted by molar-refractivity contribution is 0.590. The molecule has 5 heteroatoms. The van der Waals surface area contributed by atoms with Crippen molar-refractivity contribution in [2.24, 2.45) is 0 Å². The molecule has 0 spiro atoms. The second kappa shape index (κ2) is 17.2. The van der Waals surface area contributed by atoms with Crippen molar-refractivity contribution in [3.8, 4) is 44.5 Å². The van der Waals surface area contributed by atoms with Crippen LogP contribution in [0.2, 0.25) is 0 Å². The first kappa shape index (κ1) is 41.7. The number of hydrogen-bond acceptors (Lipinski definition) is 5. The lowest BCUT2D eigenvalue weighted by atomic mass is 9.87. The number of rotatable bonds is 8. The van der Waals surface area contributed by atoms with E-state index in [1.807, 2.05) is 6.20 Å². The van der Waals surface area contributed by atoms with E-state index >= 15 is 0 Å². The van der Waals surface area contributed by atoms with Gasteiger partial charge < -0.3 is 14.7 Å². The summed E-state index contributed by atoms with van der Waals surface area (Å²) in [6.07, 6.45) is 1.94. The van der Waals surface area contributed by atoms with Crippen molar-refractivity contribution in [1.29, 1.82) is 0 Å². The third-order valence-corrected chi connectivity index (χ3v) is 13.6. The molecule has 0 unspecified atom stereocenters. The Kier molecular flexibility index (Phi) is 10.4. The predicted molar refractivity (Wildman–Crippen MR) is 290 cm³/mol. The molecule has 2 aliphatic rings. The molecule has 0 radical (unpaired) electrons. The molecular formula is C64H51N5. The molecule has 0 amide bonds. The van der Waals surface area contributed by atoms with E-state index in [0.717, 1.165) is 73.3 Å². The fourth-order valence-electron chi connectivity index (χ4n) is 10.1. The molecule has 5 nitrogen and oxygen atoms in total. The third kappa shape index (κ3) is 7.68. The molecule has 10 aromatic rings. The summed E-state index contributed by atoms with van der Waals surface area (Å²) in [4.78, 5) is 14.8. The molecule has 0 saturated heterocycles. The predicted octanol–water partition coefficient (Wildman–Crippen LogP) is 17.5. The zero-order chi connectivity index (χ0) is 46.5. The number of anilines is 10. The highest BCUT2D eigenvalue weighted by molar-refractivity contribution is 6.03. The number of para-hydroxylation sites is 4. The molecule has 0 fully saturated rings. The van der Waals surface area contributed by atoms with Crippen LogP contribution in [0.4, 0.5) is 57.0 Å². The normalized spacial score (nSPS) is 12.7. The summed E-state index contributed by atoms with van der Waals surface area (Å²) in [5, 5.41) is 0. The number of hydrogen-bond donors (Lipinski definition) is 0. The molecule has 0 atom stereocenters. The molecule has 0 aliphatic carbocycles. The van der Waals surface area contributed by atoms with Crippen LogP contribution in [0.3, 0.4) is 0 Å². The first-order valence-corrected chi connectivity index (χ1v) is 23.8. The molecule has 2 aliphatic heterocycles. The van der Waals surface area contributed by atoms with Crippen LogP contribution in [-0.2, 0) is 5.41 Å². The van der Waals surface area contributed by atoms with Gasteiger partial charge in [0.05, 0.1) is 22.7 Å². The van der Waals surface area contributed by atoms with Gasteiger partial charge in [0.25, 0.3) is 0 Å². The number of benzene rings is 9. The highest BCUT2D eigenvalue weighted by atomic mass is 15.4. The summed E-state index contributed by atoms with van der Waals surface area (Å²) in [6.45, 7) is 7.51. The Bertz CT molecular complexity index is 3490. The quantitative estimate of drug-likeness (QED) is 0.151. The summed E-state index contributed by atoms with van der Waals surface area (Å²) in [5.74, 6) is 0.847. The summed E-state index contributed by atoms with van der Waals surface area (Å²) in [7, 11) is 0. The topological polar surface area (TPSA) is 25.9 Å². The highest BCUT2D eigenvalue weighted by Crippen LogP contribution is 2.53. The largest absolute Gasteiger partial charge is 0.321 e. The van der Waals surface area contributed by atoms with Gasteiger partial charge in [-0.2, -0.15) is 0 Å². The van der Waals surface area contributed by atoms with Gasteiger partial charge in [-0.05, 0) is 129 Å². The van der Waals surface area contributed by atoms with E-state index in [1.165, 1.54) is 33.8 Å². The number of pyridine rings is 1. The molecule has 9 aromatic carbocycles. The van der Waals surface area contributed by atoms with Crippen molar-refractivity contribution < 1.29 is 0 Å². The van der Waals surface area contributed by atoms with Crippen LogP contribution in [0.25, 0.3) is 44.5 Å². The molecule has 332 valence electrons. The van der Waals surface area contributed by atoms with Gasteiger partial charge in [0.15, 0.2) is 0 Å². The fraction of sp³-hybridized carbons (Fsp3) is 0.0781. The first-order chi connectivity index (χ1) is 33.9. The summed E-state index contributed by atoms with van der Waals surface area (Å²) in [6, 6.07) is 85.8. The summed E-state index contributed by atoms with van der Waals surface area (Å²) < 4.78 is 0. The van der Waals surface area contributed by atoms with E-state index in [4.69, 9.17) is 4.98 Å². The number of nitrogens with zero attached hydrogens (tertiary/aromatic N) is 5. The first-order valence-electron chi connectivity index (χ1n) is 23.8. The van der Waals surface area contributed by atoms with Gasteiger partial charge in [0.2, 0.25) is 0 Å². The Hall–Kier alpha value is -8.67. The second-order valence-corrected chi connectivity index (χ2v) is 18.9. The Morgan fingerprint density at radius 1 is 0.377 bits per heavy atom. The van der Waals surface area contributed by atoms with Gasteiger partial charge in [-0.3, -0.25) is 4.90 Å².